The maximum absolute atomic E-state index is 12.3. The molecule has 20 heteroatoms. The number of methoxy groups -OCH3 is 1. The Balaban J connectivity index is 0. The third-order valence-corrected chi connectivity index (χ3v) is 11.7. The number of hydrogen-bond acceptors (Lipinski definition) is 11. The number of esters is 1. The van der Waals surface area contributed by atoms with Crippen LogP contribution in [0.2, 0.25) is 0 Å². The van der Waals surface area contributed by atoms with E-state index in [-0.39, 0.29) is 163 Å². The smallest absolute Gasteiger partial charge is 1.00 e. The molecule has 0 atom stereocenters. The number of nitrogens with one attached hydrogen (secondary N) is 1. The minimum absolute atomic E-state index is 0. The van der Waals surface area contributed by atoms with Crippen LogP contribution >= 0.6 is 31.9 Å². The third-order valence-electron chi connectivity index (χ3n) is 9.02. The molecule has 0 aliphatic carbocycles. The van der Waals surface area contributed by atoms with Crippen molar-refractivity contribution in [3.63, 3.8) is 0 Å². The van der Waals surface area contributed by atoms with E-state index >= 15 is 0 Å². The first-order chi connectivity index (χ1) is 27.0. The Bertz CT molecular complexity index is 2050. The van der Waals surface area contributed by atoms with E-state index in [1.54, 1.807) is 12.1 Å². The number of sulfone groups is 1. The number of furan rings is 1. The Labute approximate surface area is 487 Å². The Morgan fingerprint density at radius 3 is 2.03 bits per heavy atom. The number of carbonyl (C=O) groups is 2. The van der Waals surface area contributed by atoms with Gasteiger partial charge in [-0.1, -0.05) is 80.7 Å². The van der Waals surface area contributed by atoms with E-state index in [1.807, 2.05) is 52.0 Å². The summed E-state index contributed by atoms with van der Waals surface area (Å²) in [6.07, 6.45) is -3.30. The Kier molecular flexibility index (Phi) is 28.9. The number of benzene rings is 3. The van der Waals surface area contributed by atoms with Gasteiger partial charge in [0.15, 0.2) is 15.6 Å². The van der Waals surface area contributed by atoms with E-state index in [2.05, 4.69) is 79.7 Å². The molecule has 0 saturated carbocycles. The summed E-state index contributed by atoms with van der Waals surface area (Å²) in [5.74, 6) is -2.19. The van der Waals surface area contributed by atoms with Crippen LogP contribution in [0.1, 0.15) is 75.4 Å². The van der Waals surface area contributed by atoms with Gasteiger partial charge in [-0.25, -0.2) is 8.42 Å². The van der Waals surface area contributed by atoms with Gasteiger partial charge in [0.25, 0.3) is 6.47 Å². The summed E-state index contributed by atoms with van der Waals surface area (Å²) in [7, 11) is -3.27. The van der Waals surface area contributed by atoms with Gasteiger partial charge in [0.05, 0.1) is 29.8 Å². The predicted molar refractivity (Wildman–Crippen MR) is 221 cm³/mol. The van der Waals surface area contributed by atoms with Gasteiger partial charge in [-0.3, -0.25) is 9.59 Å². The van der Waals surface area contributed by atoms with Crippen molar-refractivity contribution in [2.24, 2.45) is 0 Å². The Morgan fingerprint density at radius 2 is 1.55 bits per heavy atom. The molecule has 11 nitrogen and oxygen atoms in total. The van der Waals surface area contributed by atoms with Crippen LogP contribution in [0.15, 0.2) is 86.6 Å². The number of aryl methyl sites for hydroxylation is 3. The largest absolute Gasteiger partial charge is 1.00 e. The molecule has 3 aromatic carbocycles. The minimum Gasteiger partial charge on any atom is -1.00 e. The van der Waals surface area contributed by atoms with Crippen molar-refractivity contribution in [3.05, 3.63) is 117 Å². The molecule has 4 aromatic rings. The first-order valence-electron chi connectivity index (χ1n) is 17.8. The van der Waals surface area contributed by atoms with Crippen molar-refractivity contribution in [2.45, 2.75) is 95.6 Å². The average Bonchev–Trinajstić information content (AvgIpc) is 3.73. The van der Waals surface area contributed by atoms with E-state index in [9.17, 15) is 26.4 Å². The number of carbonyl (C=O) groups excluding carboxylic acids is 2. The molecule has 1 aliphatic rings. The summed E-state index contributed by atoms with van der Waals surface area (Å²) in [5, 5.41) is 12.4. The fourth-order valence-corrected chi connectivity index (χ4v) is 7.54. The Morgan fingerprint density at radius 1 is 0.967 bits per heavy atom. The van der Waals surface area contributed by atoms with Crippen molar-refractivity contribution in [2.75, 3.05) is 12.9 Å². The standard InChI is InChI=1S/C15H21BO6S.C13H11BrF3NO.C11H15Br.CH2O3.2Cs.H/c1-14(2)15(3,4)22-16(21-14)11-7-6-8-12(9-11)23(18,19)10-13(17)20-5;14-10-3-1-9(2-4-10)7-18-8-11-5-6-12(19-11)13(15,16)17;1-4-10-6-8(2)5-9(3)11(10)7-12;2-1-4-3;;;/h6-9H,10H2,1-5H3;1-6,18H,7-8H2;5-6H,4,7H2,1-3H3;1,3H;;;/q;;;;2*+1;-1/p-1. The van der Waals surface area contributed by atoms with Gasteiger partial charge in [0.2, 0.25) is 5.76 Å². The number of alkyl halides is 4. The molecule has 0 unspecified atom stereocenters. The first kappa shape index (κ1) is 60.6. The number of halogens is 5. The summed E-state index contributed by atoms with van der Waals surface area (Å²) >= 11 is 6.85. The zero-order valence-corrected chi connectivity index (χ0v) is 52.0. The van der Waals surface area contributed by atoms with Crippen LogP contribution in [0, 0.1) is 13.8 Å². The molecule has 1 saturated heterocycles. The first-order valence-corrected chi connectivity index (χ1v) is 21.3. The molecule has 0 bridgehead atoms. The fraction of sp³-hybridized carbons (Fsp3) is 0.400. The van der Waals surface area contributed by atoms with E-state index in [1.165, 1.54) is 40.5 Å². The number of hydrogen-bond donors (Lipinski definition) is 1. The van der Waals surface area contributed by atoms with Crippen LogP contribution in [-0.2, 0) is 69.4 Å². The molecule has 1 N–H and O–H groups in total. The van der Waals surface area contributed by atoms with Crippen molar-refractivity contribution in [1.29, 1.82) is 0 Å². The van der Waals surface area contributed by atoms with E-state index < -0.39 is 51.8 Å². The average molecular weight is 1230 g/mol. The van der Waals surface area contributed by atoms with Crippen LogP contribution < -0.4 is 154 Å². The molecule has 1 fully saturated rings. The summed E-state index contributed by atoms with van der Waals surface area (Å²) in [6, 6.07) is 20.7. The van der Waals surface area contributed by atoms with Gasteiger partial charge in [0.1, 0.15) is 5.76 Å². The zero-order valence-electron chi connectivity index (χ0n) is 36.5. The van der Waals surface area contributed by atoms with Gasteiger partial charge in [-0.2, -0.15) is 13.2 Å². The molecule has 1 aromatic heterocycles. The van der Waals surface area contributed by atoms with Crippen LogP contribution in [0.5, 0.6) is 0 Å². The zero-order chi connectivity index (χ0) is 43.9. The second-order valence-electron chi connectivity index (χ2n) is 13.9. The van der Waals surface area contributed by atoms with Crippen LogP contribution in [0.3, 0.4) is 0 Å². The summed E-state index contributed by atoms with van der Waals surface area (Å²) < 4.78 is 83.3. The maximum Gasteiger partial charge on any atom is 1.00 e. The topological polar surface area (TPSA) is 153 Å². The van der Waals surface area contributed by atoms with Crippen molar-refractivity contribution >= 4 is 66.7 Å². The quantitative estimate of drug-likeness (QED) is 0.0583. The predicted octanol–water partition coefficient (Wildman–Crippen LogP) is 1.60. The monoisotopic (exact) mass is 1230 g/mol. The number of ether oxygens (including phenoxy) is 1. The SMILES string of the molecule is CCc1cc(C)cc(C)c1CBr.COC(=O)CS(=O)(=O)c1cccc(B2OC(C)(C)C(C)(C)O2)c1.FC(F)(F)c1ccc(CNCc2ccc(Br)cc2)o1.O=CO[O-].[Cs+].[Cs+].[H-]. The molecule has 320 valence electrons. The van der Waals surface area contributed by atoms with Crippen molar-refractivity contribution in [3.8, 4) is 0 Å². The van der Waals surface area contributed by atoms with E-state index in [0.717, 1.165) is 35.0 Å². The molecule has 2 heterocycles. The molecule has 1 aliphatic heterocycles. The van der Waals surface area contributed by atoms with Crippen LogP contribution in [0.4, 0.5) is 13.2 Å². The summed E-state index contributed by atoms with van der Waals surface area (Å²) in [6.45, 7) is 14.9. The number of rotatable bonds is 11. The normalized spacial score (nSPS) is 13.7. The summed E-state index contributed by atoms with van der Waals surface area (Å²) in [5.41, 5.74) is 6.32. The van der Waals surface area contributed by atoms with Crippen molar-refractivity contribution < 1.29 is 199 Å². The second-order valence-corrected chi connectivity index (χ2v) is 17.4. The van der Waals surface area contributed by atoms with Crippen LogP contribution in [-0.4, -0.2) is 52.0 Å². The molecular formula is C40H49BBr2Cs2F3NO10S. The third kappa shape index (κ3) is 20.0. The molecule has 0 radical (unpaired) electrons. The Hall–Kier alpha value is 0.589. The van der Waals surface area contributed by atoms with E-state index in [4.69, 9.17) is 23.8 Å². The van der Waals surface area contributed by atoms with Gasteiger partial charge < -0.3 is 35.4 Å². The van der Waals surface area contributed by atoms with Gasteiger partial charge in [-0.15, -0.1) is 0 Å². The fourth-order valence-electron chi connectivity index (χ4n) is 5.28. The minimum atomic E-state index is -4.43. The molecular weight excluding hydrogens is 1180 g/mol. The molecule has 60 heavy (non-hydrogen) atoms. The van der Waals surface area contributed by atoms with Gasteiger partial charge in [-0.05, 0) is 112 Å². The second kappa shape index (κ2) is 28.6. The maximum atomic E-state index is 12.3. The van der Waals surface area contributed by atoms with Gasteiger partial charge in [0, 0.05) is 16.3 Å². The van der Waals surface area contributed by atoms with E-state index in [0.29, 0.717) is 12.0 Å². The van der Waals surface area contributed by atoms with Gasteiger partial charge >= 0.3 is 157 Å². The van der Waals surface area contributed by atoms with Crippen molar-refractivity contribution in [1.82, 2.24) is 5.32 Å². The summed E-state index contributed by atoms with van der Waals surface area (Å²) in [4.78, 5) is 22.5. The van der Waals surface area contributed by atoms with Crippen LogP contribution in [0.25, 0.3) is 0 Å². The molecule has 0 amide bonds. The molecule has 5 rings (SSSR count). The molecule has 0 spiro atoms.